The average Bonchev–Trinajstić information content (AvgIpc) is 2.40. The van der Waals surface area contributed by atoms with Crippen molar-refractivity contribution in [2.45, 2.75) is 24.7 Å². The van der Waals surface area contributed by atoms with E-state index < -0.39 is 15.8 Å². The van der Waals surface area contributed by atoms with Gasteiger partial charge in [-0.15, -0.1) is 0 Å². The fraction of sp³-hybridized carbons (Fsp3) is 0.200. The Hall–Kier alpha value is -2.08. The Morgan fingerprint density at radius 1 is 1.14 bits per heavy atom. The lowest BCUT2D eigenvalue weighted by atomic mass is 10.1. The van der Waals surface area contributed by atoms with Crippen molar-refractivity contribution < 1.29 is 12.8 Å². The third-order valence-corrected chi connectivity index (χ3v) is 4.46. The molecule has 0 aliphatic rings. The van der Waals surface area contributed by atoms with E-state index in [1.807, 2.05) is 12.1 Å². The van der Waals surface area contributed by atoms with Crippen LogP contribution >= 0.6 is 0 Å². The normalized spacial score (nSPS) is 11.3. The zero-order valence-electron chi connectivity index (χ0n) is 11.6. The lowest BCUT2D eigenvalue weighted by molar-refractivity contribution is 0.600. The molecule has 0 radical (unpaired) electrons. The van der Waals surface area contributed by atoms with Crippen LogP contribution in [0.1, 0.15) is 18.9 Å². The molecule has 0 aromatic heterocycles. The molecule has 0 heterocycles. The van der Waals surface area contributed by atoms with E-state index in [2.05, 4.69) is 11.6 Å². The van der Waals surface area contributed by atoms with Crippen LogP contribution < -0.4 is 10.5 Å². The first-order valence-corrected chi connectivity index (χ1v) is 8.07. The average molecular weight is 308 g/mol. The summed E-state index contributed by atoms with van der Waals surface area (Å²) in [5.41, 5.74) is 7.03. The number of sulfonamides is 1. The van der Waals surface area contributed by atoms with E-state index in [1.165, 1.54) is 0 Å². The highest BCUT2D eigenvalue weighted by Gasteiger charge is 2.17. The maximum atomic E-state index is 13.0. The van der Waals surface area contributed by atoms with Crippen LogP contribution in [0.25, 0.3) is 0 Å². The van der Waals surface area contributed by atoms with Crippen molar-refractivity contribution in [3.8, 4) is 0 Å². The first kappa shape index (κ1) is 15.3. The van der Waals surface area contributed by atoms with Crippen LogP contribution in [0.5, 0.6) is 0 Å². The minimum absolute atomic E-state index is 0.120. The van der Waals surface area contributed by atoms with Crippen molar-refractivity contribution in [3.63, 3.8) is 0 Å². The number of hydrogen-bond donors (Lipinski definition) is 2. The van der Waals surface area contributed by atoms with Gasteiger partial charge < -0.3 is 5.73 Å². The molecular formula is C15H17FN2O2S. The van der Waals surface area contributed by atoms with Crippen molar-refractivity contribution >= 4 is 21.4 Å². The number of nitrogen functional groups attached to an aromatic ring is 1. The molecule has 0 saturated carbocycles. The third-order valence-electron chi connectivity index (χ3n) is 3.01. The number of nitrogens with two attached hydrogens (primary N) is 1. The van der Waals surface area contributed by atoms with Crippen LogP contribution in [-0.4, -0.2) is 8.42 Å². The molecule has 0 aliphatic heterocycles. The summed E-state index contributed by atoms with van der Waals surface area (Å²) in [5, 5.41) is 0. The van der Waals surface area contributed by atoms with Crippen LogP contribution in [0.3, 0.4) is 0 Å². The van der Waals surface area contributed by atoms with Crippen molar-refractivity contribution in [2.75, 3.05) is 10.5 Å². The molecule has 2 aromatic carbocycles. The molecule has 6 heteroatoms. The molecule has 4 nitrogen and oxygen atoms in total. The van der Waals surface area contributed by atoms with Gasteiger partial charge in [0, 0.05) is 5.69 Å². The van der Waals surface area contributed by atoms with Gasteiger partial charge in [0.1, 0.15) is 10.7 Å². The van der Waals surface area contributed by atoms with Gasteiger partial charge in [0.2, 0.25) is 0 Å². The lowest BCUT2D eigenvalue weighted by Gasteiger charge is -2.10. The minimum Gasteiger partial charge on any atom is -0.398 e. The number of halogens is 1. The first-order valence-electron chi connectivity index (χ1n) is 6.59. The molecule has 0 aliphatic carbocycles. The fourth-order valence-electron chi connectivity index (χ4n) is 2.00. The zero-order chi connectivity index (χ0) is 15.5. The molecule has 2 aromatic rings. The Morgan fingerprint density at radius 3 is 2.38 bits per heavy atom. The van der Waals surface area contributed by atoms with E-state index in [4.69, 9.17) is 5.73 Å². The van der Waals surface area contributed by atoms with Crippen LogP contribution in [-0.2, 0) is 16.4 Å². The number of benzene rings is 2. The molecule has 3 N–H and O–H groups in total. The molecule has 0 atom stereocenters. The Balaban J connectivity index is 2.24. The van der Waals surface area contributed by atoms with Crippen LogP contribution in [0.15, 0.2) is 47.4 Å². The quantitative estimate of drug-likeness (QED) is 0.833. The molecule has 0 unspecified atom stereocenters. The summed E-state index contributed by atoms with van der Waals surface area (Å²) in [7, 11) is -3.83. The second kappa shape index (κ2) is 6.13. The van der Waals surface area contributed by atoms with E-state index in [-0.39, 0.29) is 10.6 Å². The maximum absolute atomic E-state index is 13.0. The standard InChI is InChI=1S/C15H17FN2O2S/c1-2-3-11-4-7-13(8-5-11)18-21(19,20)15-9-6-12(16)10-14(15)17/h4-10,18H,2-3,17H2,1H3. The van der Waals surface area contributed by atoms with Gasteiger partial charge in [-0.2, -0.15) is 0 Å². The van der Waals surface area contributed by atoms with Gasteiger partial charge in [-0.3, -0.25) is 4.72 Å². The number of nitrogens with one attached hydrogen (secondary N) is 1. The van der Waals surface area contributed by atoms with Gasteiger partial charge in [0.05, 0.1) is 5.69 Å². The molecule has 0 amide bonds. The summed E-state index contributed by atoms with van der Waals surface area (Å²) >= 11 is 0. The van der Waals surface area contributed by atoms with Gasteiger partial charge in [-0.25, -0.2) is 12.8 Å². The SMILES string of the molecule is CCCc1ccc(NS(=O)(=O)c2ccc(F)cc2N)cc1. The second-order valence-corrected chi connectivity index (χ2v) is 6.39. The van der Waals surface area contributed by atoms with Crippen LogP contribution in [0.4, 0.5) is 15.8 Å². The van der Waals surface area contributed by atoms with Crippen molar-refractivity contribution in [3.05, 3.63) is 53.8 Å². The molecule has 0 saturated heterocycles. The van der Waals surface area contributed by atoms with Crippen LogP contribution in [0.2, 0.25) is 0 Å². The summed E-state index contributed by atoms with van der Waals surface area (Å²) in [6, 6.07) is 10.3. The highest BCUT2D eigenvalue weighted by atomic mass is 32.2. The van der Waals surface area contributed by atoms with E-state index in [1.54, 1.807) is 12.1 Å². The highest BCUT2D eigenvalue weighted by Crippen LogP contribution is 2.22. The van der Waals surface area contributed by atoms with Gasteiger partial charge in [-0.05, 0) is 42.3 Å². The molecular weight excluding hydrogens is 291 g/mol. The fourth-order valence-corrected chi connectivity index (χ4v) is 3.18. The Kier molecular flexibility index (Phi) is 4.47. The first-order chi connectivity index (χ1) is 9.92. The molecule has 21 heavy (non-hydrogen) atoms. The third kappa shape index (κ3) is 3.72. The molecule has 0 spiro atoms. The van der Waals surface area contributed by atoms with E-state index >= 15 is 0 Å². The Labute approximate surface area is 123 Å². The monoisotopic (exact) mass is 308 g/mol. The summed E-state index contributed by atoms with van der Waals surface area (Å²) in [5.74, 6) is -0.574. The summed E-state index contributed by atoms with van der Waals surface area (Å²) in [6.45, 7) is 2.08. The molecule has 2 rings (SSSR count). The smallest absolute Gasteiger partial charge is 0.263 e. The summed E-state index contributed by atoms with van der Waals surface area (Å²) in [4.78, 5) is -0.137. The Bertz CT molecular complexity index is 728. The van der Waals surface area contributed by atoms with Gasteiger partial charge in [-0.1, -0.05) is 25.5 Å². The molecule has 112 valence electrons. The topological polar surface area (TPSA) is 72.2 Å². The minimum atomic E-state index is -3.83. The highest BCUT2D eigenvalue weighted by molar-refractivity contribution is 7.92. The lowest BCUT2D eigenvalue weighted by Crippen LogP contribution is -2.15. The predicted molar refractivity (Wildman–Crippen MR) is 82.1 cm³/mol. The number of hydrogen-bond acceptors (Lipinski definition) is 3. The van der Waals surface area contributed by atoms with Crippen molar-refractivity contribution in [1.82, 2.24) is 0 Å². The van der Waals surface area contributed by atoms with Crippen molar-refractivity contribution in [1.29, 1.82) is 0 Å². The maximum Gasteiger partial charge on any atom is 0.263 e. The van der Waals surface area contributed by atoms with Gasteiger partial charge in [0.15, 0.2) is 0 Å². The molecule has 0 bridgehead atoms. The number of anilines is 2. The summed E-state index contributed by atoms with van der Waals surface area (Å²) in [6.07, 6.45) is 1.97. The summed E-state index contributed by atoms with van der Waals surface area (Å²) < 4.78 is 39.9. The van der Waals surface area contributed by atoms with Gasteiger partial charge in [0.25, 0.3) is 10.0 Å². The van der Waals surface area contributed by atoms with E-state index in [9.17, 15) is 12.8 Å². The van der Waals surface area contributed by atoms with E-state index in [0.29, 0.717) is 5.69 Å². The predicted octanol–water partition coefficient (Wildman–Crippen LogP) is 3.16. The largest absolute Gasteiger partial charge is 0.398 e. The second-order valence-electron chi connectivity index (χ2n) is 4.73. The van der Waals surface area contributed by atoms with Crippen molar-refractivity contribution in [2.24, 2.45) is 0 Å². The Morgan fingerprint density at radius 2 is 1.81 bits per heavy atom. The van der Waals surface area contributed by atoms with Crippen LogP contribution in [0, 0.1) is 5.82 Å². The number of rotatable bonds is 5. The van der Waals surface area contributed by atoms with Gasteiger partial charge >= 0.3 is 0 Å². The molecule has 0 fully saturated rings. The number of aryl methyl sites for hydroxylation is 1. The zero-order valence-corrected chi connectivity index (χ0v) is 12.5. The van der Waals surface area contributed by atoms with E-state index in [0.717, 1.165) is 36.6 Å².